The van der Waals surface area contributed by atoms with Crippen molar-refractivity contribution < 1.29 is 23.8 Å². The molecule has 0 aromatic heterocycles. The van der Waals surface area contributed by atoms with Crippen LogP contribution in [-0.4, -0.2) is 39.2 Å². The molecule has 7 nitrogen and oxygen atoms in total. The Labute approximate surface area is 157 Å². The summed E-state index contributed by atoms with van der Waals surface area (Å²) in [6.07, 6.45) is 0. The lowest BCUT2D eigenvalue weighted by molar-refractivity contribution is -0.120. The molecular formula is C20H20N2O5. The van der Waals surface area contributed by atoms with Crippen LogP contribution in [0.4, 0.5) is 0 Å². The van der Waals surface area contributed by atoms with Crippen molar-refractivity contribution in [2.24, 2.45) is 5.73 Å². The number of amides is 2. The van der Waals surface area contributed by atoms with Crippen LogP contribution in [0, 0.1) is 11.8 Å². The van der Waals surface area contributed by atoms with Crippen molar-refractivity contribution in [2.75, 3.05) is 27.4 Å². The van der Waals surface area contributed by atoms with Crippen molar-refractivity contribution in [3.63, 3.8) is 0 Å². The first-order valence-electron chi connectivity index (χ1n) is 8.04. The quantitative estimate of drug-likeness (QED) is 0.719. The molecular weight excluding hydrogens is 348 g/mol. The van der Waals surface area contributed by atoms with Gasteiger partial charge in [-0.3, -0.25) is 9.59 Å². The van der Waals surface area contributed by atoms with E-state index in [-0.39, 0.29) is 36.3 Å². The maximum absolute atomic E-state index is 12.4. The summed E-state index contributed by atoms with van der Waals surface area (Å²) >= 11 is 0. The van der Waals surface area contributed by atoms with Crippen LogP contribution in [0.3, 0.4) is 0 Å². The molecule has 2 rings (SSSR count). The van der Waals surface area contributed by atoms with Crippen molar-refractivity contribution in [2.45, 2.75) is 0 Å². The Balaban J connectivity index is 2.11. The summed E-state index contributed by atoms with van der Waals surface area (Å²) in [6.45, 7) is -0.161. The highest BCUT2D eigenvalue weighted by molar-refractivity contribution is 5.95. The molecule has 3 N–H and O–H groups in total. The van der Waals surface area contributed by atoms with Gasteiger partial charge in [0.25, 0.3) is 11.8 Å². The van der Waals surface area contributed by atoms with Crippen LogP contribution >= 0.6 is 0 Å². The van der Waals surface area contributed by atoms with E-state index in [0.29, 0.717) is 5.56 Å². The van der Waals surface area contributed by atoms with Gasteiger partial charge in [-0.2, -0.15) is 0 Å². The van der Waals surface area contributed by atoms with E-state index < -0.39 is 5.91 Å². The first-order chi connectivity index (χ1) is 13.0. The molecule has 0 spiro atoms. The molecule has 0 atom stereocenters. The maximum atomic E-state index is 12.4. The number of hydrogen-bond acceptors (Lipinski definition) is 5. The van der Waals surface area contributed by atoms with E-state index in [9.17, 15) is 9.59 Å². The number of carbonyl (C=O) groups is 2. The second-order valence-corrected chi connectivity index (χ2v) is 5.32. The minimum absolute atomic E-state index is 0.179. The minimum atomic E-state index is -0.641. The third kappa shape index (κ3) is 5.68. The predicted molar refractivity (Wildman–Crippen MR) is 99.9 cm³/mol. The zero-order valence-corrected chi connectivity index (χ0v) is 15.1. The van der Waals surface area contributed by atoms with Gasteiger partial charge >= 0.3 is 0 Å². The number of hydrogen-bond donors (Lipinski definition) is 2. The summed E-state index contributed by atoms with van der Waals surface area (Å²) in [5.41, 5.74) is 6.26. The lowest BCUT2D eigenvalue weighted by atomic mass is 10.1. The summed E-state index contributed by atoms with van der Waals surface area (Å²) in [4.78, 5) is 23.3. The van der Waals surface area contributed by atoms with Crippen LogP contribution in [0.25, 0.3) is 0 Å². The zero-order valence-electron chi connectivity index (χ0n) is 15.1. The second-order valence-electron chi connectivity index (χ2n) is 5.32. The molecule has 0 saturated carbocycles. The molecule has 27 heavy (non-hydrogen) atoms. The Hall–Kier alpha value is -3.66. The Morgan fingerprint density at radius 2 is 1.70 bits per heavy atom. The number of nitrogens with one attached hydrogen (secondary N) is 1. The lowest BCUT2D eigenvalue weighted by Gasteiger charge is -2.15. The summed E-state index contributed by atoms with van der Waals surface area (Å²) < 4.78 is 15.8. The number of rotatable bonds is 7. The van der Waals surface area contributed by atoms with Crippen molar-refractivity contribution >= 4 is 11.8 Å². The number of benzene rings is 2. The Bertz CT molecular complexity index is 844. The van der Waals surface area contributed by atoms with Crippen LogP contribution in [-0.2, 0) is 4.79 Å². The molecule has 0 aliphatic carbocycles. The fourth-order valence-corrected chi connectivity index (χ4v) is 2.19. The lowest BCUT2D eigenvalue weighted by Crippen LogP contribution is -2.24. The summed E-state index contributed by atoms with van der Waals surface area (Å²) in [6, 6.07) is 12.4. The van der Waals surface area contributed by atoms with E-state index in [1.165, 1.54) is 26.4 Å². The van der Waals surface area contributed by atoms with Crippen LogP contribution in [0.1, 0.15) is 15.9 Å². The van der Waals surface area contributed by atoms with Gasteiger partial charge in [-0.1, -0.05) is 30.0 Å². The van der Waals surface area contributed by atoms with Gasteiger partial charge in [0.15, 0.2) is 18.1 Å². The zero-order chi connectivity index (χ0) is 19.6. The molecule has 2 aromatic carbocycles. The molecule has 0 unspecified atom stereocenters. The van der Waals surface area contributed by atoms with Crippen molar-refractivity contribution in [1.29, 1.82) is 0 Å². The Morgan fingerprint density at radius 3 is 2.26 bits per heavy atom. The van der Waals surface area contributed by atoms with Gasteiger partial charge in [0.05, 0.1) is 20.8 Å². The normalized spacial score (nSPS) is 9.56. The highest BCUT2D eigenvalue weighted by atomic mass is 16.5. The molecule has 0 saturated heterocycles. The standard InChI is InChI=1S/C20H20N2O5/c1-25-16-11-15(12-17(26-2)19(16)27-13-18(21)23)20(24)22-10-6-9-14-7-4-3-5-8-14/h3-5,7-8,11-12H,10,13H2,1-2H3,(H2,21,23)(H,22,24). The van der Waals surface area contributed by atoms with E-state index in [1.807, 2.05) is 30.3 Å². The number of ether oxygens (including phenoxy) is 3. The molecule has 0 bridgehead atoms. The average molecular weight is 368 g/mol. The fourth-order valence-electron chi connectivity index (χ4n) is 2.19. The number of carbonyl (C=O) groups excluding carboxylic acids is 2. The van der Waals surface area contributed by atoms with E-state index in [0.717, 1.165) is 5.56 Å². The van der Waals surface area contributed by atoms with Crippen LogP contribution in [0.15, 0.2) is 42.5 Å². The topological polar surface area (TPSA) is 99.9 Å². The van der Waals surface area contributed by atoms with Crippen molar-refractivity contribution in [3.05, 3.63) is 53.6 Å². The van der Waals surface area contributed by atoms with Gasteiger partial charge in [0.1, 0.15) is 0 Å². The van der Waals surface area contributed by atoms with E-state index >= 15 is 0 Å². The highest BCUT2D eigenvalue weighted by Crippen LogP contribution is 2.38. The first kappa shape index (κ1) is 19.7. The second kappa shape index (κ2) is 9.73. The smallest absolute Gasteiger partial charge is 0.255 e. The summed E-state index contributed by atoms with van der Waals surface area (Å²) in [5, 5.41) is 2.70. The third-order valence-electron chi connectivity index (χ3n) is 3.43. The van der Waals surface area contributed by atoms with Crippen LogP contribution < -0.4 is 25.3 Å². The Kier molecular flexibility index (Phi) is 7.08. The minimum Gasteiger partial charge on any atom is -0.493 e. The molecule has 0 aliphatic rings. The van der Waals surface area contributed by atoms with E-state index in [4.69, 9.17) is 19.9 Å². The molecule has 0 radical (unpaired) electrons. The van der Waals surface area contributed by atoms with Crippen LogP contribution in [0.5, 0.6) is 17.2 Å². The van der Waals surface area contributed by atoms with Crippen molar-refractivity contribution in [1.82, 2.24) is 5.32 Å². The first-order valence-corrected chi connectivity index (χ1v) is 8.04. The molecule has 7 heteroatoms. The van der Waals surface area contributed by atoms with Gasteiger partial charge in [-0.15, -0.1) is 0 Å². The molecule has 140 valence electrons. The Morgan fingerprint density at radius 1 is 1.07 bits per heavy atom. The average Bonchev–Trinajstić information content (AvgIpc) is 2.69. The van der Waals surface area contributed by atoms with E-state index in [1.54, 1.807) is 0 Å². The van der Waals surface area contributed by atoms with Gasteiger partial charge in [-0.05, 0) is 24.3 Å². The molecule has 2 aromatic rings. The van der Waals surface area contributed by atoms with Gasteiger partial charge in [0.2, 0.25) is 5.75 Å². The SMILES string of the molecule is COc1cc(C(=O)NCC#Cc2ccccc2)cc(OC)c1OCC(N)=O. The predicted octanol–water partition coefficient (Wildman–Crippen LogP) is 1.35. The monoisotopic (exact) mass is 368 g/mol. The highest BCUT2D eigenvalue weighted by Gasteiger charge is 2.18. The van der Waals surface area contributed by atoms with Crippen molar-refractivity contribution in [3.8, 4) is 29.1 Å². The van der Waals surface area contributed by atoms with Gasteiger partial charge in [0, 0.05) is 11.1 Å². The third-order valence-corrected chi connectivity index (χ3v) is 3.43. The fraction of sp³-hybridized carbons (Fsp3) is 0.200. The molecule has 2 amide bonds. The molecule has 0 heterocycles. The maximum Gasteiger partial charge on any atom is 0.255 e. The van der Waals surface area contributed by atoms with E-state index in [2.05, 4.69) is 17.2 Å². The summed E-state index contributed by atoms with van der Waals surface area (Å²) in [7, 11) is 2.83. The number of nitrogens with two attached hydrogens (primary N) is 1. The van der Waals surface area contributed by atoms with Gasteiger partial charge < -0.3 is 25.3 Å². The van der Waals surface area contributed by atoms with Gasteiger partial charge in [-0.25, -0.2) is 0 Å². The van der Waals surface area contributed by atoms with Crippen LogP contribution in [0.2, 0.25) is 0 Å². The number of methoxy groups -OCH3 is 2. The summed E-state index contributed by atoms with van der Waals surface area (Å²) in [5.74, 6) is 5.53. The molecule has 0 aliphatic heterocycles. The number of primary amides is 1. The molecule has 0 fully saturated rings. The largest absolute Gasteiger partial charge is 0.493 e.